The molecular formula is C18H17N5O4S. The van der Waals surface area contributed by atoms with E-state index in [0.717, 1.165) is 0 Å². The highest BCUT2D eigenvalue weighted by molar-refractivity contribution is 7.92. The summed E-state index contributed by atoms with van der Waals surface area (Å²) >= 11 is 0. The number of sulfonamides is 1. The number of anilines is 3. The largest absolute Gasteiger partial charge is 0.495 e. The molecule has 0 aliphatic heterocycles. The Hall–Kier alpha value is -3.66. The first-order valence-corrected chi connectivity index (χ1v) is 9.57. The number of nitrogens with zero attached hydrogens (tertiary/aromatic N) is 2. The van der Waals surface area contributed by atoms with Crippen molar-refractivity contribution in [1.29, 1.82) is 0 Å². The molecule has 144 valence electrons. The summed E-state index contributed by atoms with van der Waals surface area (Å²) in [5, 5.41) is 5.29. The maximum Gasteiger partial charge on any atom is 0.323 e. The predicted molar refractivity (Wildman–Crippen MR) is 105 cm³/mol. The normalized spacial score (nSPS) is 10.8. The minimum atomic E-state index is -3.84. The summed E-state index contributed by atoms with van der Waals surface area (Å²) < 4.78 is 32.1. The van der Waals surface area contributed by atoms with Gasteiger partial charge in [0.2, 0.25) is 5.95 Å². The van der Waals surface area contributed by atoms with Gasteiger partial charge in [0.15, 0.2) is 0 Å². The van der Waals surface area contributed by atoms with Crippen LogP contribution in [0.15, 0.2) is 71.9 Å². The van der Waals surface area contributed by atoms with E-state index in [0.29, 0.717) is 17.1 Å². The topological polar surface area (TPSA) is 122 Å². The van der Waals surface area contributed by atoms with Crippen molar-refractivity contribution in [3.63, 3.8) is 0 Å². The van der Waals surface area contributed by atoms with Gasteiger partial charge in [0.05, 0.1) is 17.7 Å². The van der Waals surface area contributed by atoms with Crippen LogP contribution in [0.1, 0.15) is 0 Å². The molecule has 2 aromatic carbocycles. The number of nitrogens with one attached hydrogen (secondary N) is 3. The number of methoxy groups -OCH3 is 1. The third-order valence-corrected chi connectivity index (χ3v) is 4.91. The lowest BCUT2D eigenvalue weighted by molar-refractivity contribution is 0.262. The van der Waals surface area contributed by atoms with Crippen molar-refractivity contribution in [2.45, 2.75) is 4.90 Å². The first kappa shape index (κ1) is 19.1. The van der Waals surface area contributed by atoms with Crippen LogP contribution >= 0.6 is 0 Å². The molecule has 0 saturated carbocycles. The number of hydrogen-bond acceptors (Lipinski definition) is 6. The zero-order valence-electron chi connectivity index (χ0n) is 14.8. The maximum absolute atomic E-state index is 12.3. The minimum absolute atomic E-state index is 0.00985. The van der Waals surface area contributed by atoms with E-state index in [-0.39, 0.29) is 10.8 Å². The van der Waals surface area contributed by atoms with Crippen molar-refractivity contribution in [2.75, 3.05) is 22.5 Å². The predicted octanol–water partition coefficient (Wildman–Crippen LogP) is 2.93. The minimum Gasteiger partial charge on any atom is -0.495 e. The fraction of sp³-hybridized carbons (Fsp3) is 0.0556. The molecule has 1 aromatic heterocycles. The molecule has 0 saturated heterocycles. The molecular weight excluding hydrogens is 382 g/mol. The standard InChI is InChI=1S/C18H17N5O4S/c1-27-16-6-3-2-5-15(16)22-18(24)21-13-7-9-14(10-8-13)28(25,26)23-17-19-11-4-12-20-17/h2-12H,1H3,(H,19,20,23)(H2,21,22,24). The third-order valence-electron chi connectivity index (χ3n) is 3.57. The number of ether oxygens (including phenoxy) is 1. The van der Waals surface area contributed by atoms with Crippen molar-refractivity contribution in [3.05, 3.63) is 67.0 Å². The Balaban J connectivity index is 1.66. The molecule has 3 aromatic rings. The molecule has 0 radical (unpaired) electrons. The lowest BCUT2D eigenvalue weighted by Crippen LogP contribution is -2.20. The first-order valence-electron chi connectivity index (χ1n) is 8.09. The number of carbonyl (C=O) groups excluding carboxylic acids is 1. The lowest BCUT2D eigenvalue weighted by atomic mass is 10.3. The summed E-state index contributed by atoms with van der Waals surface area (Å²) in [6, 6.07) is 13.7. The van der Waals surface area contributed by atoms with Gasteiger partial charge in [-0.25, -0.2) is 27.9 Å². The van der Waals surface area contributed by atoms with Crippen molar-refractivity contribution in [3.8, 4) is 5.75 Å². The van der Waals surface area contributed by atoms with Gasteiger partial charge >= 0.3 is 6.03 Å². The molecule has 1 heterocycles. The summed E-state index contributed by atoms with van der Waals surface area (Å²) in [6.07, 6.45) is 2.86. The fourth-order valence-electron chi connectivity index (χ4n) is 2.28. The number of rotatable bonds is 6. The highest BCUT2D eigenvalue weighted by atomic mass is 32.2. The van der Waals surface area contributed by atoms with Crippen LogP contribution in [-0.2, 0) is 10.0 Å². The van der Waals surface area contributed by atoms with Crippen molar-refractivity contribution in [2.24, 2.45) is 0 Å². The van der Waals surface area contributed by atoms with Crippen molar-refractivity contribution in [1.82, 2.24) is 9.97 Å². The van der Waals surface area contributed by atoms with Crippen molar-refractivity contribution < 1.29 is 17.9 Å². The average Bonchev–Trinajstić information content (AvgIpc) is 2.69. The van der Waals surface area contributed by atoms with Gasteiger partial charge in [-0.2, -0.15) is 0 Å². The molecule has 28 heavy (non-hydrogen) atoms. The smallest absolute Gasteiger partial charge is 0.323 e. The molecule has 0 unspecified atom stereocenters. The maximum atomic E-state index is 12.3. The quantitative estimate of drug-likeness (QED) is 0.586. The van der Waals surface area contributed by atoms with Crippen LogP contribution in [0.2, 0.25) is 0 Å². The van der Waals surface area contributed by atoms with Crippen LogP contribution < -0.4 is 20.1 Å². The number of amides is 2. The average molecular weight is 399 g/mol. The Morgan fingerprint density at radius 2 is 1.61 bits per heavy atom. The summed E-state index contributed by atoms with van der Waals surface area (Å²) in [5.41, 5.74) is 0.927. The Labute approximate surface area is 161 Å². The molecule has 0 aliphatic rings. The molecule has 0 atom stereocenters. The fourth-order valence-corrected chi connectivity index (χ4v) is 3.24. The zero-order chi connectivity index (χ0) is 20.0. The monoisotopic (exact) mass is 399 g/mol. The van der Waals surface area contributed by atoms with Crippen LogP contribution in [-0.4, -0.2) is 31.5 Å². The van der Waals surface area contributed by atoms with Gasteiger partial charge in [-0.3, -0.25) is 0 Å². The number of para-hydroxylation sites is 2. The molecule has 2 amide bonds. The van der Waals surface area contributed by atoms with Crippen LogP contribution in [0.25, 0.3) is 0 Å². The Morgan fingerprint density at radius 3 is 2.29 bits per heavy atom. The summed E-state index contributed by atoms with van der Waals surface area (Å²) in [7, 11) is -2.33. The molecule has 3 rings (SSSR count). The second kappa shape index (κ2) is 8.35. The first-order chi connectivity index (χ1) is 13.5. The molecule has 3 N–H and O–H groups in total. The van der Waals surface area contributed by atoms with E-state index in [2.05, 4.69) is 25.3 Å². The number of carbonyl (C=O) groups is 1. The van der Waals surface area contributed by atoms with Gasteiger partial charge in [-0.05, 0) is 42.5 Å². The number of urea groups is 1. The van der Waals surface area contributed by atoms with Gasteiger partial charge < -0.3 is 15.4 Å². The van der Waals surface area contributed by atoms with Gasteiger partial charge in [0.25, 0.3) is 10.0 Å². The van der Waals surface area contributed by atoms with E-state index in [9.17, 15) is 13.2 Å². The zero-order valence-corrected chi connectivity index (χ0v) is 15.6. The number of benzene rings is 2. The van der Waals surface area contributed by atoms with Crippen LogP contribution in [0.4, 0.5) is 22.1 Å². The highest BCUT2D eigenvalue weighted by Crippen LogP contribution is 2.23. The van der Waals surface area contributed by atoms with Gasteiger partial charge in [-0.15, -0.1) is 0 Å². The lowest BCUT2D eigenvalue weighted by Gasteiger charge is -2.11. The molecule has 0 bridgehead atoms. The molecule has 9 nitrogen and oxygen atoms in total. The second-order valence-electron chi connectivity index (χ2n) is 5.48. The summed E-state index contributed by atoms with van der Waals surface area (Å²) in [6.45, 7) is 0. The molecule has 0 aliphatic carbocycles. The Morgan fingerprint density at radius 1 is 0.929 bits per heavy atom. The van der Waals surface area contributed by atoms with Crippen LogP contribution in [0.5, 0.6) is 5.75 Å². The van der Waals surface area contributed by atoms with E-state index in [1.165, 1.54) is 43.8 Å². The third kappa shape index (κ3) is 4.74. The molecule has 0 fully saturated rings. The second-order valence-corrected chi connectivity index (χ2v) is 7.16. The van der Waals surface area contributed by atoms with Gasteiger partial charge in [-0.1, -0.05) is 12.1 Å². The van der Waals surface area contributed by atoms with Gasteiger partial charge in [0, 0.05) is 18.1 Å². The van der Waals surface area contributed by atoms with E-state index < -0.39 is 16.1 Å². The highest BCUT2D eigenvalue weighted by Gasteiger charge is 2.15. The van der Waals surface area contributed by atoms with Crippen LogP contribution in [0, 0.1) is 0 Å². The summed E-state index contributed by atoms with van der Waals surface area (Å²) in [5.74, 6) is 0.495. The molecule has 0 spiro atoms. The number of hydrogen-bond donors (Lipinski definition) is 3. The Kier molecular flexibility index (Phi) is 5.70. The van der Waals surface area contributed by atoms with E-state index in [1.54, 1.807) is 30.3 Å². The van der Waals surface area contributed by atoms with E-state index in [4.69, 9.17) is 4.74 Å². The van der Waals surface area contributed by atoms with Crippen LogP contribution in [0.3, 0.4) is 0 Å². The van der Waals surface area contributed by atoms with E-state index >= 15 is 0 Å². The molecule has 10 heteroatoms. The Bertz CT molecular complexity index is 1060. The SMILES string of the molecule is COc1ccccc1NC(=O)Nc1ccc(S(=O)(=O)Nc2ncccn2)cc1. The van der Waals surface area contributed by atoms with Gasteiger partial charge in [0.1, 0.15) is 5.75 Å². The summed E-state index contributed by atoms with van der Waals surface area (Å²) in [4.78, 5) is 19.8. The van der Waals surface area contributed by atoms with Crippen molar-refractivity contribution >= 4 is 33.4 Å². The number of aromatic nitrogens is 2. The van der Waals surface area contributed by atoms with E-state index in [1.807, 2.05) is 0 Å².